The van der Waals surface area contributed by atoms with Gasteiger partial charge >= 0.3 is 0 Å². The first-order valence-corrected chi connectivity index (χ1v) is 3.93. The van der Waals surface area contributed by atoms with Crippen LogP contribution in [0.1, 0.15) is 19.9 Å². The van der Waals surface area contributed by atoms with Gasteiger partial charge in [-0.15, -0.1) is 0 Å². The zero-order chi connectivity index (χ0) is 10.2. The maximum absolute atomic E-state index is 8.05. The predicted octanol–water partition coefficient (Wildman–Crippen LogP) is 2.49. The first kappa shape index (κ1) is 5.55. The number of benzene rings is 1. The molecule has 0 N–H and O–H groups in total. The van der Waals surface area contributed by atoms with E-state index in [9.17, 15) is 0 Å². The molecule has 0 bridgehead atoms. The van der Waals surface area contributed by atoms with Gasteiger partial charge in [0.2, 0.25) is 0 Å². The maximum Gasteiger partial charge on any atom is 0.101 e. The normalized spacial score (nSPS) is 35.2. The molecule has 1 aromatic rings. The summed E-state index contributed by atoms with van der Waals surface area (Å²) in [5.41, 5.74) is 1.62. The van der Waals surface area contributed by atoms with Gasteiger partial charge in [0.05, 0.1) is 1.37 Å². The summed E-state index contributed by atoms with van der Waals surface area (Å²) < 4.78 is 21.0. The maximum atomic E-state index is 8.05. The van der Waals surface area contributed by atoms with Gasteiger partial charge in [0.1, 0.15) is 6.08 Å². The van der Waals surface area contributed by atoms with E-state index >= 15 is 0 Å². The van der Waals surface area contributed by atoms with Gasteiger partial charge in [-0.1, -0.05) is 36.4 Å². The molecule has 0 aliphatic heterocycles. The van der Waals surface area contributed by atoms with Gasteiger partial charge in [-0.25, -0.2) is 0 Å². The quantitative estimate of drug-likeness (QED) is 0.576. The summed E-state index contributed by atoms with van der Waals surface area (Å²) in [6.45, 7) is 0. The van der Waals surface area contributed by atoms with Crippen LogP contribution in [-0.2, 0) is 11.1 Å². The van der Waals surface area contributed by atoms with Crippen molar-refractivity contribution in [2.45, 2.75) is 12.5 Å². The van der Waals surface area contributed by atoms with Crippen LogP contribution in [-0.4, -0.2) is 7.11 Å². The molecule has 12 heavy (non-hydrogen) atoms. The molecule has 1 aliphatic rings. The molecule has 1 aromatic carbocycles. The molecule has 0 saturated heterocycles. The van der Waals surface area contributed by atoms with Crippen LogP contribution in [0.5, 0.6) is 0 Å². The summed E-state index contributed by atoms with van der Waals surface area (Å²) in [6.07, 6.45) is 1.83. The minimum Gasteiger partial charge on any atom is -0.373 e. The minimum absolute atomic E-state index is 0.375. The number of rotatable bonds is 1. The van der Waals surface area contributed by atoms with E-state index in [1.54, 1.807) is 12.2 Å². The Morgan fingerprint density at radius 2 is 2.42 bits per heavy atom. The lowest BCUT2D eigenvalue weighted by Gasteiger charge is -2.18. The monoisotopic (exact) mass is 162 g/mol. The van der Waals surface area contributed by atoms with Crippen molar-refractivity contribution in [3.8, 4) is 0 Å². The number of methoxy groups -OCH3 is 1. The number of allylic oxidation sites excluding steroid dienone is 1. The van der Waals surface area contributed by atoms with E-state index in [1.807, 2.05) is 24.3 Å². The molecule has 1 aliphatic carbocycles. The van der Waals surface area contributed by atoms with Crippen LogP contribution in [0.3, 0.4) is 0 Å². The van der Waals surface area contributed by atoms with Gasteiger partial charge in [-0.05, 0) is 17.5 Å². The van der Waals surface area contributed by atoms with Crippen LogP contribution < -0.4 is 0 Å². The molecule has 0 aromatic heterocycles. The first-order chi connectivity index (χ1) is 6.67. The Labute approximate surface area is 75.5 Å². The topological polar surface area (TPSA) is 9.23 Å². The second-order valence-electron chi connectivity index (χ2n) is 2.68. The summed E-state index contributed by atoms with van der Waals surface area (Å²) in [5.74, 6) is 0. The summed E-state index contributed by atoms with van der Waals surface area (Å²) in [7, 11) is 1.51. The summed E-state index contributed by atoms with van der Waals surface area (Å²) in [5, 5.41) is 0. The molecule has 2 rings (SSSR count). The fraction of sp³-hybridized carbons (Fsp3) is 0.273. The van der Waals surface area contributed by atoms with Crippen LogP contribution in [0.2, 0.25) is 0 Å². The van der Waals surface area contributed by atoms with E-state index in [2.05, 4.69) is 0 Å². The molecule has 1 nitrogen and oxygen atoms in total. The fourth-order valence-electron chi connectivity index (χ4n) is 1.37. The van der Waals surface area contributed by atoms with Crippen LogP contribution >= 0.6 is 0 Å². The first-order valence-electron chi connectivity index (χ1n) is 5.01. The lowest BCUT2D eigenvalue weighted by molar-refractivity contribution is 0.140. The summed E-state index contributed by atoms with van der Waals surface area (Å²) in [4.78, 5) is 0. The predicted molar refractivity (Wildman–Crippen MR) is 49.0 cm³/mol. The largest absolute Gasteiger partial charge is 0.373 e. The van der Waals surface area contributed by atoms with E-state index in [1.165, 1.54) is 7.11 Å². The molecule has 0 unspecified atom stereocenters. The third-order valence-electron chi connectivity index (χ3n) is 1.97. The molecule has 62 valence electrons. The molecule has 0 heterocycles. The van der Waals surface area contributed by atoms with Crippen molar-refractivity contribution in [1.82, 2.24) is 0 Å². The third kappa shape index (κ3) is 1.16. The van der Waals surface area contributed by atoms with Gasteiger partial charge in [-0.3, -0.25) is 0 Å². The van der Waals surface area contributed by atoms with Gasteiger partial charge in [-0.2, -0.15) is 0 Å². The van der Waals surface area contributed by atoms with Crippen molar-refractivity contribution in [2.24, 2.45) is 0 Å². The highest BCUT2D eigenvalue weighted by atomic mass is 16.5. The highest BCUT2D eigenvalue weighted by Gasteiger charge is 2.13. The van der Waals surface area contributed by atoms with Crippen molar-refractivity contribution < 1.29 is 7.48 Å². The second kappa shape index (κ2) is 3.11. The van der Waals surface area contributed by atoms with Crippen LogP contribution in [0.4, 0.5) is 0 Å². The molecule has 2 atom stereocenters. The minimum atomic E-state index is -1.12. The zero-order valence-electron chi connectivity index (χ0n) is 8.95. The Bertz CT molecular complexity index is 375. The Morgan fingerprint density at radius 1 is 1.58 bits per heavy atom. The number of hydrogen-bond acceptors (Lipinski definition) is 1. The Morgan fingerprint density at radius 3 is 3.25 bits per heavy atom. The summed E-state index contributed by atoms with van der Waals surface area (Å²) in [6, 6.07) is 7.47. The molecule has 1 heteroatoms. The van der Waals surface area contributed by atoms with Gasteiger partial charge in [0.15, 0.2) is 0 Å². The lowest BCUT2D eigenvalue weighted by atomic mass is 9.95. The highest BCUT2D eigenvalue weighted by molar-refractivity contribution is 5.36. The molecule has 0 amide bonds. The van der Waals surface area contributed by atoms with E-state index in [0.717, 1.165) is 11.1 Å². The van der Waals surface area contributed by atoms with Crippen molar-refractivity contribution in [3.05, 3.63) is 47.5 Å². The molecule has 0 radical (unpaired) electrons. The highest BCUT2D eigenvalue weighted by Crippen LogP contribution is 2.26. The van der Waals surface area contributed by atoms with Crippen LogP contribution in [0.15, 0.2) is 36.4 Å². The molecule has 0 spiro atoms. The van der Waals surface area contributed by atoms with E-state index in [-0.39, 0.29) is 6.40 Å². The molecule has 0 fully saturated rings. The van der Waals surface area contributed by atoms with Gasteiger partial charge in [0, 0.05) is 8.48 Å². The van der Waals surface area contributed by atoms with E-state index < -0.39 is 6.08 Å². The average Bonchev–Trinajstić information content (AvgIpc) is 2.24. The van der Waals surface area contributed by atoms with Crippen molar-refractivity contribution >= 4 is 0 Å². The SMILES string of the molecule is [2H][C@H]1C=C[C@@]([2H])(OC)c2ccccc21. The van der Waals surface area contributed by atoms with Gasteiger partial charge < -0.3 is 4.74 Å². The number of ether oxygens (including phenoxy) is 1. The molecular formula is C11H12O. The van der Waals surface area contributed by atoms with Crippen LogP contribution in [0, 0.1) is 0 Å². The van der Waals surface area contributed by atoms with Crippen LogP contribution in [0.25, 0.3) is 0 Å². The standard InChI is InChI=1S/C11H12O/c1-12-11-8-4-6-9-5-2-3-7-10(9)11/h2-5,7-8,11H,6H2,1H3/t11-/m1/s1/i6D,11D/t6-,11+/m0. The fourth-order valence-corrected chi connectivity index (χ4v) is 1.37. The van der Waals surface area contributed by atoms with E-state index in [4.69, 9.17) is 7.48 Å². The Kier molecular flexibility index (Phi) is 1.44. The smallest absolute Gasteiger partial charge is 0.101 e. The molecule has 0 saturated carbocycles. The zero-order valence-corrected chi connectivity index (χ0v) is 6.95. The summed E-state index contributed by atoms with van der Waals surface area (Å²) >= 11 is 0. The Balaban J connectivity index is 2.58. The van der Waals surface area contributed by atoms with E-state index in [0.29, 0.717) is 0 Å². The van der Waals surface area contributed by atoms with Crippen molar-refractivity contribution in [1.29, 1.82) is 0 Å². The number of hydrogen-bond donors (Lipinski definition) is 0. The molecular weight excluding hydrogens is 148 g/mol. The Hall–Kier alpha value is -1.08. The average molecular weight is 162 g/mol. The second-order valence-corrected chi connectivity index (χ2v) is 2.68. The lowest BCUT2D eigenvalue weighted by Crippen LogP contribution is -2.05. The van der Waals surface area contributed by atoms with Crippen molar-refractivity contribution in [3.63, 3.8) is 0 Å². The third-order valence-corrected chi connectivity index (χ3v) is 1.97. The van der Waals surface area contributed by atoms with Gasteiger partial charge in [0.25, 0.3) is 0 Å². The number of fused-ring (bicyclic) bond motifs is 1. The van der Waals surface area contributed by atoms with Crippen molar-refractivity contribution in [2.75, 3.05) is 7.11 Å².